The van der Waals surface area contributed by atoms with E-state index < -0.39 is 36.6 Å². The molecule has 1 atom stereocenters. The van der Waals surface area contributed by atoms with E-state index in [0.717, 1.165) is 0 Å². The van der Waals surface area contributed by atoms with Crippen molar-refractivity contribution < 1.29 is 32.2 Å². The molecule has 0 saturated heterocycles. The molecular weight excluding hydrogens is 442 g/mol. The second-order valence-electron chi connectivity index (χ2n) is 7.37. The highest BCUT2D eigenvalue weighted by atomic mass is 19.3. The van der Waals surface area contributed by atoms with Gasteiger partial charge in [-0.25, -0.2) is 22.5 Å². The van der Waals surface area contributed by atoms with E-state index in [1.54, 1.807) is 55.5 Å². The number of benzene rings is 2. The van der Waals surface area contributed by atoms with Crippen LogP contribution in [0.4, 0.5) is 17.6 Å². The summed E-state index contributed by atoms with van der Waals surface area (Å²) in [6.45, 7) is 2.17. The van der Waals surface area contributed by atoms with Crippen LogP contribution in [0.5, 0.6) is 5.75 Å². The number of fused-ring (bicyclic) bond motifs is 1. The summed E-state index contributed by atoms with van der Waals surface area (Å²) in [5.41, 5.74) is -3.09. The predicted octanol–water partition coefficient (Wildman–Crippen LogP) is 4.72. The molecule has 0 bridgehead atoms. The summed E-state index contributed by atoms with van der Waals surface area (Å²) in [7, 11) is 0. The van der Waals surface area contributed by atoms with E-state index in [1.165, 1.54) is 6.07 Å². The first-order chi connectivity index (χ1) is 15.8. The number of hydrogen-bond donors (Lipinski definition) is 1. The lowest BCUT2D eigenvalue weighted by atomic mass is 10.0. The summed E-state index contributed by atoms with van der Waals surface area (Å²) in [6, 6.07) is 14.7. The fourth-order valence-corrected chi connectivity index (χ4v) is 3.67. The van der Waals surface area contributed by atoms with E-state index in [-0.39, 0.29) is 16.0 Å². The van der Waals surface area contributed by atoms with E-state index in [9.17, 15) is 27.5 Å². The van der Waals surface area contributed by atoms with E-state index in [2.05, 4.69) is 10.1 Å². The van der Waals surface area contributed by atoms with Crippen LogP contribution in [-0.2, 0) is 0 Å². The Kier molecular flexibility index (Phi) is 6.03. The Morgan fingerprint density at radius 1 is 1.15 bits per heavy atom. The number of para-hydroxylation sites is 2. The normalized spacial score (nSPS) is 18.3. The van der Waals surface area contributed by atoms with Crippen LogP contribution in [0.2, 0.25) is 0 Å². The number of alkyl halides is 4. The quantitative estimate of drug-likeness (QED) is 0.539. The molecule has 0 saturated carbocycles. The number of nitrogens with zero attached hydrogens (tertiary/aromatic N) is 3. The number of carbonyl (C=O) groups is 1. The second-order valence-corrected chi connectivity index (χ2v) is 7.37. The van der Waals surface area contributed by atoms with Crippen molar-refractivity contribution in [1.29, 1.82) is 0 Å². The number of ether oxygens (including phenoxy) is 1. The van der Waals surface area contributed by atoms with Crippen LogP contribution in [-0.4, -0.2) is 51.9 Å². The molecule has 1 N–H and O–H groups in total. The first kappa shape index (κ1) is 22.7. The summed E-state index contributed by atoms with van der Waals surface area (Å²) in [4.78, 5) is 17.9. The SMILES string of the molecule is CCOc1ccccc1-c1cc(C(=O)N2N=C(C(F)F)C[C@]2(O)C(F)F)c2ccccc2n1. The highest BCUT2D eigenvalue weighted by Gasteiger charge is 2.53. The number of carbonyl (C=O) groups excluding carboxylic acids is 1. The summed E-state index contributed by atoms with van der Waals surface area (Å²) in [6.07, 6.45) is -7.87. The topological polar surface area (TPSA) is 75.0 Å². The van der Waals surface area contributed by atoms with Crippen LogP contribution in [0.15, 0.2) is 59.7 Å². The molecule has 6 nitrogen and oxygen atoms in total. The smallest absolute Gasteiger partial charge is 0.287 e. The fraction of sp³-hybridized carbons (Fsp3) is 0.261. The van der Waals surface area contributed by atoms with Gasteiger partial charge in [0.1, 0.15) is 11.5 Å². The van der Waals surface area contributed by atoms with E-state index in [0.29, 0.717) is 29.1 Å². The molecule has 10 heteroatoms. The van der Waals surface area contributed by atoms with Gasteiger partial charge in [-0.15, -0.1) is 0 Å². The number of halogens is 4. The van der Waals surface area contributed by atoms with Gasteiger partial charge in [0, 0.05) is 17.4 Å². The molecule has 172 valence electrons. The van der Waals surface area contributed by atoms with Gasteiger partial charge in [-0.2, -0.15) is 10.1 Å². The molecule has 0 radical (unpaired) electrons. The molecule has 1 aromatic heterocycles. The Bertz CT molecular complexity index is 1230. The fourth-order valence-electron chi connectivity index (χ4n) is 3.67. The van der Waals surface area contributed by atoms with Crippen molar-refractivity contribution in [3.8, 4) is 17.0 Å². The molecule has 1 aliphatic heterocycles. The summed E-state index contributed by atoms with van der Waals surface area (Å²) in [5.74, 6) is -0.661. The molecular formula is C23H19F4N3O3. The largest absolute Gasteiger partial charge is 0.493 e. The highest BCUT2D eigenvalue weighted by molar-refractivity contribution is 6.08. The molecule has 2 aromatic carbocycles. The minimum absolute atomic E-state index is 0.0547. The van der Waals surface area contributed by atoms with Crippen molar-refractivity contribution in [2.45, 2.75) is 31.9 Å². The lowest BCUT2D eigenvalue weighted by molar-refractivity contribution is -0.164. The molecule has 1 amide bonds. The zero-order chi connectivity index (χ0) is 23.8. The molecule has 0 fully saturated rings. The van der Waals surface area contributed by atoms with E-state index in [4.69, 9.17) is 4.74 Å². The van der Waals surface area contributed by atoms with Gasteiger partial charge in [-0.05, 0) is 31.2 Å². The summed E-state index contributed by atoms with van der Waals surface area (Å²) < 4.78 is 59.4. The Hall–Kier alpha value is -3.53. The average molecular weight is 461 g/mol. The molecule has 0 unspecified atom stereocenters. The zero-order valence-corrected chi connectivity index (χ0v) is 17.4. The minimum atomic E-state index is -3.52. The number of aliphatic hydroxyl groups is 1. The summed E-state index contributed by atoms with van der Waals surface area (Å²) in [5, 5.41) is 14.1. The van der Waals surface area contributed by atoms with Crippen molar-refractivity contribution in [3.05, 3.63) is 60.2 Å². The van der Waals surface area contributed by atoms with Gasteiger partial charge in [-0.1, -0.05) is 30.3 Å². The average Bonchev–Trinajstić information content (AvgIpc) is 3.18. The van der Waals surface area contributed by atoms with Crippen molar-refractivity contribution in [1.82, 2.24) is 9.99 Å². The lowest BCUT2D eigenvalue weighted by Gasteiger charge is -2.30. The Morgan fingerprint density at radius 2 is 1.85 bits per heavy atom. The van der Waals surface area contributed by atoms with Crippen LogP contribution >= 0.6 is 0 Å². The Morgan fingerprint density at radius 3 is 2.55 bits per heavy atom. The van der Waals surface area contributed by atoms with E-state index >= 15 is 0 Å². The zero-order valence-electron chi connectivity index (χ0n) is 17.4. The maximum atomic E-state index is 13.7. The molecule has 1 aliphatic rings. The number of rotatable bonds is 6. The Balaban J connectivity index is 1.90. The minimum Gasteiger partial charge on any atom is -0.493 e. The molecule has 0 spiro atoms. The third-order valence-electron chi connectivity index (χ3n) is 5.24. The monoisotopic (exact) mass is 461 g/mol. The number of aromatic nitrogens is 1. The van der Waals surface area contributed by atoms with Crippen LogP contribution in [0.25, 0.3) is 22.2 Å². The van der Waals surface area contributed by atoms with Crippen molar-refractivity contribution in [2.75, 3.05) is 6.61 Å². The first-order valence-electron chi connectivity index (χ1n) is 10.1. The lowest BCUT2D eigenvalue weighted by Crippen LogP contribution is -2.51. The van der Waals surface area contributed by atoms with Gasteiger partial charge in [0.25, 0.3) is 18.8 Å². The predicted molar refractivity (Wildman–Crippen MR) is 114 cm³/mol. The third kappa shape index (κ3) is 4.02. The first-order valence-corrected chi connectivity index (χ1v) is 10.1. The van der Waals surface area contributed by atoms with Gasteiger partial charge in [-0.3, -0.25) is 4.79 Å². The maximum absolute atomic E-state index is 13.7. The number of pyridine rings is 1. The van der Waals surface area contributed by atoms with Crippen LogP contribution in [0.3, 0.4) is 0 Å². The van der Waals surface area contributed by atoms with Gasteiger partial charge < -0.3 is 9.84 Å². The molecule has 3 aromatic rings. The van der Waals surface area contributed by atoms with Crippen molar-refractivity contribution in [2.24, 2.45) is 5.10 Å². The van der Waals surface area contributed by atoms with E-state index in [1.807, 2.05) is 0 Å². The van der Waals surface area contributed by atoms with Crippen LogP contribution < -0.4 is 4.74 Å². The number of hydrazone groups is 1. The third-order valence-corrected chi connectivity index (χ3v) is 5.24. The van der Waals surface area contributed by atoms with Crippen LogP contribution in [0, 0.1) is 0 Å². The molecule has 2 heterocycles. The van der Waals surface area contributed by atoms with Gasteiger partial charge in [0.05, 0.1) is 23.4 Å². The van der Waals surface area contributed by atoms with Gasteiger partial charge >= 0.3 is 0 Å². The molecule has 4 rings (SSSR count). The standard InChI is InChI=1S/C23H19F4N3O3/c1-2-33-19-10-6-4-8-14(19)17-11-15(13-7-3-5-9-16(13)28-17)21(31)30-23(32,22(26)27)12-18(29-30)20(24)25/h3-11,20,22,32H,2,12H2,1H3/t23-/m0/s1. The summed E-state index contributed by atoms with van der Waals surface area (Å²) >= 11 is 0. The Labute approximate surface area is 186 Å². The number of hydrogen-bond acceptors (Lipinski definition) is 5. The van der Waals surface area contributed by atoms with Gasteiger partial charge in [0.2, 0.25) is 5.72 Å². The molecule has 33 heavy (non-hydrogen) atoms. The van der Waals surface area contributed by atoms with Gasteiger partial charge in [0.15, 0.2) is 0 Å². The second kappa shape index (κ2) is 8.78. The highest BCUT2D eigenvalue weighted by Crippen LogP contribution is 2.37. The number of amides is 1. The molecule has 0 aliphatic carbocycles. The maximum Gasteiger partial charge on any atom is 0.287 e. The van der Waals surface area contributed by atoms with Crippen molar-refractivity contribution >= 4 is 22.5 Å². The van der Waals surface area contributed by atoms with Crippen molar-refractivity contribution in [3.63, 3.8) is 0 Å². The van der Waals surface area contributed by atoms with Crippen LogP contribution in [0.1, 0.15) is 23.7 Å².